The molecule has 0 radical (unpaired) electrons. The number of carbonyl (C=O) groups excluding carboxylic acids is 1. The van der Waals surface area contributed by atoms with Crippen LogP contribution in [0, 0.1) is 28.6 Å². The van der Waals surface area contributed by atoms with Crippen LogP contribution in [0.2, 0.25) is 0 Å². The number of fused-ring (bicyclic) bond motifs is 1. The van der Waals surface area contributed by atoms with Crippen LogP contribution in [0.25, 0.3) is 0 Å². The number of hydrogen-bond donors (Lipinski definition) is 2. The average Bonchev–Trinajstić information content (AvgIpc) is 2.79. The largest absolute Gasteiger partial charge is 0.481 e. The Morgan fingerprint density at radius 3 is 2.56 bits per heavy atom. The van der Waals surface area contributed by atoms with Gasteiger partial charge in [0, 0.05) is 0 Å². The molecule has 1 saturated heterocycles. The molecule has 1 heterocycles. The second kappa shape index (κ2) is 6.11. The predicted octanol–water partition coefficient (Wildman–Crippen LogP) is 3.51. The smallest absolute Gasteiger partial charge is 0.312 e. The van der Waals surface area contributed by atoms with E-state index in [0.717, 1.165) is 36.8 Å². The Kier molecular flexibility index (Phi) is 4.51. The maximum atomic E-state index is 12.1. The summed E-state index contributed by atoms with van der Waals surface area (Å²) in [7, 11) is 0. The molecule has 2 aliphatic carbocycles. The lowest BCUT2D eigenvalue weighted by atomic mass is 9.56. The van der Waals surface area contributed by atoms with Gasteiger partial charge >= 0.3 is 11.9 Å². The van der Waals surface area contributed by atoms with Crippen LogP contribution < -0.4 is 0 Å². The highest BCUT2D eigenvalue weighted by molar-refractivity contribution is 5.79. The van der Waals surface area contributed by atoms with Crippen LogP contribution in [0.3, 0.4) is 0 Å². The van der Waals surface area contributed by atoms with E-state index < -0.39 is 30.0 Å². The Morgan fingerprint density at radius 2 is 1.96 bits per heavy atom. The molecule has 5 nitrogen and oxygen atoms in total. The minimum absolute atomic E-state index is 0.0723. The van der Waals surface area contributed by atoms with Crippen LogP contribution >= 0.6 is 0 Å². The molecule has 0 aromatic carbocycles. The van der Waals surface area contributed by atoms with Gasteiger partial charge in [-0.15, -0.1) is 0 Å². The van der Waals surface area contributed by atoms with Gasteiger partial charge in [0.25, 0.3) is 0 Å². The molecule has 0 aromatic rings. The highest BCUT2D eigenvalue weighted by Crippen LogP contribution is 2.56. The third kappa shape index (κ3) is 3.12. The molecule has 5 heteroatoms. The molecule has 0 unspecified atom stereocenters. The molecule has 5 atom stereocenters. The van der Waals surface area contributed by atoms with E-state index >= 15 is 0 Å². The lowest BCUT2D eigenvalue weighted by molar-refractivity contribution is -0.156. The summed E-state index contributed by atoms with van der Waals surface area (Å²) in [6.45, 7) is 8.46. The molecule has 0 bridgehead atoms. The molecular weight excluding hydrogens is 320 g/mol. The summed E-state index contributed by atoms with van der Waals surface area (Å²) in [5.74, 6) is -2.92. The van der Waals surface area contributed by atoms with Crippen molar-refractivity contribution in [1.82, 2.24) is 0 Å². The monoisotopic (exact) mass is 350 g/mol. The van der Waals surface area contributed by atoms with Crippen LogP contribution in [0.5, 0.6) is 0 Å². The van der Waals surface area contributed by atoms with Crippen LogP contribution in [0.15, 0.2) is 11.1 Å². The average molecular weight is 350 g/mol. The maximum Gasteiger partial charge on any atom is 0.312 e. The number of aliphatic carboxylic acids is 1. The van der Waals surface area contributed by atoms with Crippen molar-refractivity contribution < 1.29 is 24.5 Å². The number of carboxylic acids is 1. The number of ether oxygens (including phenoxy) is 1. The molecule has 1 aliphatic heterocycles. The fourth-order valence-corrected chi connectivity index (χ4v) is 5.72. The topological polar surface area (TPSA) is 83.8 Å². The first-order chi connectivity index (χ1) is 11.6. The first-order valence-corrected chi connectivity index (χ1v) is 9.40. The number of carbonyl (C=O) groups is 2. The third-order valence-corrected chi connectivity index (χ3v) is 6.71. The van der Waals surface area contributed by atoms with E-state index in [-0.39, 0.29) is 16.8 Å². The van der Waals surface area contributed by atoms with Crippen LogP contribution in [-0.4, -0.2) is 28.4 Å². The first-order valence-electron chi connectivity index (χ1n) is 9.40. The second-order valence-corrected chi connectivity index (χ2v) is 9.25. The minimum Gasteiger partial charge on any atom is -0.481 e. The molecular formula is C20H30O5. The number of esters is 1. The van der Waals surface area contributed by atoms with Crippen LogP contribution in [0.4, 0.5) is 0 Å². The highest BCUT2D eigenvalue weighted by atomic mass is 16.6. The summed E-state index contributed by atoms with van der Waals surface area (Å²) >= 11 is 0. The molecule has 2 fully saturated rings. The normalized spacial score (nSPS) is 38.9. The van der Waals surface area contributed by atoms with Gasteiger partial charge in [-0.3, -0.25) is 9.59 Å². The molecule has 0 amide bonds. The van der Waals surface area contributed by atoms with E-state index in [1.54, 1.807) is 6.92 Å². The highest BCUT2D eigenvalue weighted by Gasteiger charge is 2.53. The van der Waals surface area contributed by atoms with E-state index in [2.05, 4.69) is 20.8 Å². The molecule has 0 aromatic heterocycles. The Hall–Kier alpha value is -1.36. The van der Waals surface area contributed by atoms with Gasteiger partial charge in [0.2, 0.25) is 6.29 Å². The number of allylic oxidation sites excluding steroid dienone is 1. The van der Waals surface area contributed by atoms with E-state index in [9.17, 15) is 19.8 Å². The van der Waals surface area contributed by atoms with Crippen molar-refractivity contribution in [2.24, 2.45) is 28.6 Å². The van der Waals surface area contributed by atoms with Crippen LogP contribution in [0.1, 0.15) is 66.2 Å². The summed E-state index contributed by atoms with van der Waals surface area (Å²) in [4.78, 5) is 23.9. The summed E-state index contributed by atoms with van der Waals surface area (Å²) < 4.78 is 5.07. The van der Waals surface area contributed by atoms with Crippen molar-refractivity contribution >= 4 is 11.9 Å². The van der Waals surface area contributed by atoms with Crippen molar-refractivity contribution in [3.8, 4) is 0 Å². The van der Waals surface area contributed by atoms with Crippen molar-refractivity contribution in [3.05, 3.63) is 11.1 Å². The van der Waals surface area contributed by atoms with Crippen molar-refractivity contribution in [1.29, 1.82) is 0 Å². The number of cyclic esters (lactones) is 1. The van der Waals surface area contributed by atoms with Gasteiger partial charge in [-0.2, -0.15) is 0 Å². The SMILES string of the molecule is C[C@@H](C(=O)O)C1=C([C@@]2(C)CCCC(C)(C)C2)CC[C@H]2C(=O)O[C@@H](O)[C@@H]12. The standard InChI is InChI=1S/C20H30O5/c1-11(16(21)22)14-13(20(4)9-5-8-19(2,3)10-20)7-6-12-15(14)18(24)25-17(12)23/h11-12,15,18,24H,5-10H2,1-4H3,(H,21,22)/t11-,12-,15-,18-,20+/m1/s1. The number of carboxylic acid groups (broad SMARTS) is 1. The minimum atomic E-state index is -1.22. The fourth-order valence-electron chi connectivity index (χ4n) is 5.72. The number of aliphatic hydroxyl groups excluding tert-OH is 1. The number of rotatable bonds is 3. The third-order valence-electron chi connectivity index (χ3n) is 6.71. The molecule has 1 saturated carbocycles. The Bertz CT molecular complexity index is 620. The Morgan fingerprint density at radius 1 is 1.28 bits per heavy atom. The summed E-state index contributed by atoms with van der Waals surface area (Å²) in [6, 6.07) is 0. The lowest BCUT2D eigenvalue weighted by Crippen LogP contribution is -2.39. The maximum absolute atomic E-state index is 12.1. The van der Waals surface area contributed by atoms with Gasteiger partial charge in [0.1, 0.15) is 0 Å². The van der Waals surface area contributed by atoms with Crippen molar-refractivity contribution in [2.45, 2.75) is 72.5 Å². The predicted molar refractivity (Wildman–Crippen MR) is 92.5 cm³/mol. The van der Waals surface area contributed by atoms with Gasteiger partial charge in [-0.05, 0) is 55.4 Å². The van der Waals surface area contributed by atoms with E-state index in [0.29, 0.717) is 6.42 Å². The van der Waals surface area contributed by atoms with Gasteiger partial charge in [0.15, 0.2) is 0 Å². The van der Waals surface area contributed by atoms with E-state index in [1.807, 2.05) is 0 Å². The quantitative estimate of drug-likeness (QED) is 0.601. The second-order valence-electron chi connectivity index (χ2n) is 9.25. The molecule has 3 aliphatic rings. The number of hydrogen-bond acceptors (Lipinski definition) is 4. The molecule has 0 spiro atoms. The lowest BCUT2D eigenvalue weighted by Gasteiger charge is -2.48. The zero-order valence-corrected chi connectivity index (χ0v) is 15.7. The molecule has 3 rings (SSSR count). The van der Waals surface area contributed by atoms with Gasteiger partial charge in [-0.1, -0.05) is 32.8 Å². The van der Waals surface area contributed by atoms with Crippen molar-refractivity contribution in [2.75, 3.05) is 0 Å². The molecule has 2 N–H and O–H groups in total. The Labute approximate surface area is 149 Å². The molecule has 140 valence electrons. The summed E-state index contributed by atoms with van der Waals surface area (Å²) in [6.07, 6.45) is 4.48. The summed E-state index contributed by atoms with van der Waals surface area (Å²) in [5, 5.41) is 20.0. The van der Waals surface area contributed by atoms with E-state index in [1.165, 1.54) is 6.42 Å². The van der Waals surface area contributed by atoms with Gasteiger partial charge in [-0.25, -0.2) is 0 Å². The number of aliphatic hydroxyl groups is 1. The zero-order chi connectivity index (χ0) is 18.6. The van der Waals surface area contributed by atoms with Gasteiger partial charge in [0.05, 0.1) is 17.8 Å². The summed E-state index contributed by atoms with van der Waals surface area (Å²) in [5.41, 5.74) is 2.06. The van der Waals surface area contributed by atoms with Gasteiger partial charge < -0.3 is 14.9 Å². The zero-order valence-electron chi connectivity index (χ0n) is 15.7. The molecule has 25 heavy (non-hydrogen) atoms. The Balaban J connectivity index is 2.10. The van der Waals surface area contributed by atoms with Crippen LogP contribution in [-0.2, 0) is 14.3 Å². The first kappa shape index (κ1) is 18.4. The fraction of sp³-hybridized carbons (Fsp3) is 0.800. The van der Waals surface area contributed by atoms with E-state index in [4.69, 9.17) is 4.74 Å². The van der Waals surface area contributed by atoms with Crippen molar-refractivity contribution in [3.63, 3.8) is 0 Å².